The van der Waals surface area contributed by atoms with Crippen LogP contribution in [0.4, 0.5) is 11.5 Å². The van der Waals surface area contributed by atoms with E-state index in [2.05, 4.69) is 38.3 Å². The first kappa shape index (κ1) is 25.2. The highest BCUT2D eigenvalue weighted by molar-refractivity contribution is 7.91. The van der Waals surface area contributed by atoms with E-state index in [1.165, 1.54) is 0 Å². The Morgan fingerprint density at radius 3 is 2.54 bits per heavy atom. The first-order valence-electron chi connectivity index (χ1n) is 11.8. The predicted octanol–water partition coefficient (Wildman–Crippen LogP) is 2.99. The fourth-order valence-electron chi connectivity index (χ4n) is 4.59. The number of fused-ring (bicyclic) bond motifs is 1. The average molecular weight is 496 g/mol. The van der Waals surface area contributed by atoms with E-state index < -0.39 is 16.2 Å². The predicted molar refractivity (Wildman–Crippen MR) is 139 cm³/mol. The van der Waals surface area contributed by atoms with Crippen LogP contribution >= 0.6 is 0 Å². The molecule has 35 heavy (non-hydrogen) atoms. The lowest BCUT2D eigenvalue weighted by Gasteiger charge is -2.32. The van der Waals surface area contributed by atoms with Gasteiger partial charge in [-0.2, -0.15) is 5.26 Å². The average Bonchev–Trinajstić information content (AvgIpc) is 3.05. The van der Waals surface area contributed by atoms with E-state index in [1.54, 1.807) is 12.1 Å². The number of hydrogen-bond donors (Lipinski definition) is 1. The Bertz CT molecular complexity index is 1250. The van der Waals surface area contributed by atoms with Gasteiger partial charge in [-0.05, 0) is 35.2 Å². The van der Waals surface area contributed by atoms with Crippen molar-refractivity contribution in [2.24, 2.45) is 5.41 Å². The molecule has 0 amide bonds. The molecule has 1 aromatic heterocycles. The number of pyridine rings is 1. The minimum Gasteiger partial charge on any atom is -0.356 e. The first-order chi connectivity index (χ1) is 16.5. The zero-order chi connectivity index (χ0) is 25.4. The lowest BCUT2D eigenvalue weighted by Crippen LogP contribution is -2.46. The molecule has 1 N–H and O–H groups in total. The number of hydrogen-bond acceptors (Lipinski definition) is 8. The summed E-state index contributed by atoms with van der Waals surface area (Å²) in [5.41, 5.74) is 3.71. The van der Waals surface area contributed by atoms with Crippen LogP contribution in [0, 0.1) is 16.7 Å². The summed E-state index contributed by atoms with van der Waals surface area (Å²) >= 11 is 0. The molecular weight excluding hydrogens is 462 g/mol. The number of aliphatic hydroxyl groups is 1. The van der Waals surface area contributed by atoms with E-state index in [4.69, 9.17) is 4.98 Å². The molecule has 3 heterocycles. The van der Waals surface area contributed by atoms with Crippen molar-refractivity contribution in [3.63, 3.8) is 0 Å². The highest BCUT2D eigenvalue weighted by Gasteiger charge is 2.37. The van der Waals surface area contributed by atoms with Crippen LogP contribution in [0.3, 0.4) is 0 Å². The van der Waals surface area contributed by atoms with Gasteiger partial charge in [-0.3, -0.25) is 4.90 Å². The highest BCUT2D eigenvalue weighted by Crippen LogP contribution is 2.40. The molecule has 0 saturated carbocycles. The molecule has 1 fully saturated rings. The van der Waals surface area contributed by atoms with Crippen LogP contribution in [0.5, 0.6) is 0 Å². The second-order valence-electron chi connectivity index (χ2n) is 10.4. The molecule has 2 aliphatic heterocycles. The molecule has 0 unspecified atom stereocenters. The van der Waals surface area contributed by atoms with Gasteiger partial charge in [-0.25, -0.2) is 13.4 Å². The molecule has 2 aliphatic rings. The summed E-state index contributed by atoms with van der Waals surface area (Å²) < 4.78 is 23.5. The van der Waals surface area contributed by atoms with Crippen molar-refractivity contribution in [3.05, 3.63) is 54.1 Å². The van der Waals surface area contributed by atoms with Gasteiger partial charge in [0.15, 0.2) is 15.7 Å². The zero-order valence-corrected chi connectivity index (χ0v) is 21.4. The van der Waals surface area contributed by atoms with Gasteiger partial charge in [0, 0.05) is 38.3 Å². The summed E-state index contributed by atoms with van der Waals surface area (Å²) in [6.45, 7) is 12.9. The number of sulfone groups is 1. The minimum atomic E-state index is -2.94. The third kappa shape index (κ3) is 5.50. The van der Waals surface area contributed by atoms with Crippen LogP contribution in [-0.2, 0) is 16.4 Å². The molecule has 8 nitrogen and oxygen atoms in total. The van der Waals surface area contributed by atoms with Gasteiger partial charge in [0.1, 0.15) is 0 Å². The first-order valence-corrected chi connectivity index (χ1v) is 13.6. The highest BCUT2D eigenvalue weighted by atomic mass is 32.2. The Labute approximate surface area is 208 Å². The van der Waals surface area contributed by atoms with Crippen LogP contribution in [0.15, 0.2) is 43.0 Å². The fourth-order valence-corrected chi connectivity index (χ4v) is 5.87. The Morgan fingerprint density at radius 1 is 1.20 bits per heavy atom. The van der Waals surface area contributed by atoms with Crippen molar-refractivity contribution in [1.29, 1.82) is 5.26 Å². The summed E-state index contributed by atoms with van der Waals surface area (Å²) in [6, 6.07) is 11.8. The number of benzene rings is 1. The number of aromatic nitrogens is 1. The normalized spacial score (nSPS) is 19.9. The molecule has 0 radical (unpaired) electrons. The molecule has 1 aromatic carbocycles. The van der Waals surface area contributed by atoms with Gasteiger partial charge in [0.05, 0.1) is 34.5 Å². The van der Waals surface area contributed by atoms with Crippen LogP contribution in [0.1, 0.15) is 31.9 Å². The number of nitriles is 1. The van der Waals surface area contributed by atoms with Crippen molar-refractivity contribution < 1.29 is 13.5 Å². The van der Waals surface area contributed by atoms with E-state index in [-0.39, 0.29) is 16.9 Å². The van der Waals surface area contributed by atoms with E-state index >= 15 is 0 Å². The van der Waals surface area contributed by atoms with Gasteiger partial charge in [-0.15, -0.1) is 6.58 Å². The largest absolute Gasteiger partial charge is 0.356 e. The van der Waals surface area contributed by atoms with E-state index in [0.29, 0.717) is 49.8 Å². The third-order valence-electron chi connectivity index (χ3n) is 6.29. The number of nitrogens with zero attached hydrogens (tertiary/aromatic N) is 5. The van der Waals surface area contributed by atoms with Gasteiger partial charge >= 0.3 is 0 Å². The van der Waals surface area contributed by atoms with Gasteiger partial charge in [-0.1, -0.05) is 32.9 Å². The molecule has 1 atom stereocenters. The number of rotatable bonds is 6. The Kier molecular flexibility index (Phi) is 6.91. The van der Waals surface area contributed by atoms with Crippen molar-refractivity contribution >= 4 is 21.3 Å². The summed E-state index contributed by atoms with van der Waals surface area (Å²) in [7, 11) is -2.94. The summed E-state index contributed by atoms with van der Waals surface area (Å²) in [5, 5.41) is 20.8. The molecule has 1 saturated heterocycles. The van der Waals surface area contributed by atoms with Crippen molar-refractivity contribution in [2.45, 2.75) is 33.7 Å². The van der Waals surface area contributed by atoms with Crippen molar-refractivity contribution in [2.75, 3.05) is 47.5 Å². The Morgan fingerprint density at radius 2 is 1.91 bits per heavy atom. The molecule has 0 spiro atoms. The lowest BCUT2D eigenvalue weighted by molar-refractivity contribution is 0.163. The molecule has 4 rings (SSSR count). The molecular formula is C26H33N5O3S. The summed E-state index contributed by atoms with van der Waals surface area (Å²) in [4.78, 5) is 10.8. The van der Waals surface area contributed by atoms with Crippen LogP contribution < -0.4 is 9.80 Å². The fraction of sp³-hybridized carbons (Fsp3) is 0.462. The van der Waals surface area contributed by atoms with Gasteiger partial charge < -0.3 is 14.9 Å². The van der Waals surface area contributed by atoms with Gasteiger partial charge in [0.2, 0.25) is 6.35 Å². The smallest absolute Gasteiger partial charge is 0.209 e. The summed E-state index contributed by atoms with van der Waals surface area (Å²) in [5.74, 6) is 1.01. The second-order valence-corrected chi connectivity index (χ2v) is 12.7. The van der Waals surface area contributed by atoms with Crippen molar-refractivity contribution in [1.82, 2.24) is 9.88 Å². The monoisotopic (exact) mass is 495 g/mol. The molecule has 186 valence electrons. The van der Waals surface area contributed by atoms with E-state index in [9.17, 15) is 18.8 Å². The molecule has 0 aliphatic carbocycles. The maximum absolute atomic E-state index is 11.8. The van der Waals surface area contributed by atoms with Crippen molar-refractivity contribution in [3.8, 4) is 17.3 Å². The Hall–Kier alpha value is -2.93. The molecule has 2 aromatic rings. The quantitative estimate of drug-likeness (QED) is 0.611. The standard InChI is InChI=1S/C26H33N5O3S/c1-5-10-30-24-23(31(25(30)32)18-26(2,3)4)9-8-22(28-24)21-15-19(6-7-20(21)16-27)17-29-11-13-35(33,34)14-12-29/h5-9,15,25,32H,1,10-14,17-18H2,2-4H3/t25-/m0/s1. The minimum absolute atomic E-state index is 0.0306. The summed E-state index contributed by atoms with van der Waals surface area (Å²) in [6.07, 6.45) is 0.893. The lowest BCUT2D eigenvalue weighted by atomic mass is 9.96. The number of aliphatic hydroxyl groups excluding tert-OH is 1. The van der Waals surface area contributed by atoms with Gasteiger partial charge in [0.25, 0.3) is 0 Å². The molecule has 9 heteroatoms. The maximum Gasteiger partial charge on any atom is 0.209 e. The zero-order valence-electron chi connectivity index (χ0n) is 20.6. The van der Waals surface area contributed by atoms with Crippen LogP contribution in [-0.4, -0.2) is 67.4 Å². The SMILES string of the molecule is C=CCN1c2nc(-c3cc(CN4CCS(=O)(=O)CC4)ccc3C#N)ccc2N(CC(C)(C)C)[C@H]1O. The Balaban J connectivity index is 1.68. The molecule has 0 bridgehead atoms. The second kappa shape index (κ2) is 9.61. The third-order valence-corrected chi connectivity index (χ3v) is 7.90. The maximum atomic E-state index is 11.8. The van der Waals surface area contributed by atoms with E-state index in [0.717, 1.165) is 16.8 Å². The van der Waals surface area contributed by atoms with Crippen LogP contribution in [0.25, 0.3) is 11.3 Å². The number of anilines is 2. The van der Waals surface area contributed by atoms with E-state index in [1.807, 2.05) is 34.1 Å². The topological polar surface area (TPSA) is 101 Å². The van der Waals surface area contributed by atoms with Crippen LogP contribution in [0.2, 0.25) is 0 Å².